The van der Waals surface area contributed by atoms with E-state index in [1.54, 1.807) is 0 Å². The molecule has 0 aromatic heterocycles. The molecule has 0 heterocycles. The molecule has 1 fully saturated rings. The van der Waals surface area contributed by atoms with Crippen LogP contribution in [-0.4, -0.2) is 0 Å². The Balaban J connectivity index is 1.49. The standard InChI is InChI=1S/C29H29F/c1-3-5-26-17-18-27-20-23(12-19-28(27)29(26)30)7-6-22-10-15-25(16-11-22)24-13-8-21(4-2)9-14-24/h4,10-12,15-21,24H,2-3,5,8-9,13-14H2,1H3. The molecule has 1 heteroatoms. The van der Waals surface area contributed by atoms with Gasteiger partial charge in [0, 0.05) is 16.5 Å². The van der Waals surface area contributed by atoms with Crippen LogP contribution in [0.5, 0.6) is 0 Å². The van der Waals surface area contributed by atoms with Gasteiger partial charge in [0.1, 0.15) is 5.82 Å². The maximum absolute atomic E-state index is 14.6. The largest absolute Gasteiger partial charge is 0.206 e. The van der Waals surface area contributed by atoms with Crippen molar-refractivity contribution in [2.24, 2.45) is 5.92 Å². The van der Waals surface area contributed by atoms with Gasteiger partial charge in [-0.1, -0.05) is 61.6 Å². The summed E-state index contributed by atoms with van der Waals surface area (Å²) in [6.07, 6.45) is 8.82. The van der Waals surface area contributed by atoms with Crippen LogP contribution in [0.4, 0.5) is 4.39 Å². The van der Waals surface area contributed by atoms with Crippen LogP contribution in [0.15, 0.2) is 67.3 Å². The third kappa shape index (κ3) is 4.49. The van der Waals surface area contributed by atoms with E-state index >= 15 is 0 Å². The average molecular weight is 397 g/mol. The van der Waals surface area contributed by atoms with Crippen molar-refractivity contribution in [1.29, 1.82) is 0 Å². The lowest BCUT2D eigenvalue weighted by Gasteiger charge is -2.26. The molecule has 3 aromatic carbocycles. The average Bonchev–Trinajstić information content (AvgIpc) is 2.80. The minimum Gasteiger partial charge on any atom is -0.206 e. The minimum atomic E-state index is -0.0911. The van der Waals surface area contributed by atoms with Crippen molar-refractivity contribution < 1.29 is 4.39 Å². The molecule has 4 rings (SSSR count). The molecule has 3 aromatic rings. The van der Waals surface area contributed by atoms with Gasteiger partial charge in [-0.25, -0.2) is 4.39 Å². The smallest absolute Gasteiger partial charge is 0.134 e. The summed E-state index contributed by atoms with van der Waals surface area (Å²) in [7, 11) is 0. The maximum Gasteiger partial charge on any atom is 0.134 e. The van der Waals surface area contributed by atoms with Gasteiger partial charge in [-0.05, 0) is 84.7 Å². The second-order valence-electron chi connectivity index (χ2n) is 8.44. The van der Waals surface area contributed by atoms with Gasteiger partial charge in [0.2, 0.25) is 0 Å². The quantitative estimate of drug-likeness (QED) is 0.312. The molecular weight excluding hydrogens is 367 g/mol. The fourth-order valence-corrected chi connectivity index (χ4v) is 4.55. The Kier molecular flexibility index (Phi) is 6.34. The summed E-state index contributed by atoms with van der Waals surface area (Å²) in [4.78, 5) is 0. The van der Waals surface area contributed by atoms with E-state index in [1.807, 2.05) is 30.3 Å². The fourth-order valence-electron chi connectivity index (χ4n) is 4.55. The lowest BCUT2D eigenvalue weighted by atomic mass is 9.79. The summed E-state index contributed by atoms with van der Waals surface area (Å²) in [5, 5.41) is 1.59. The first kappa shape index (κ1) is 20.4. The number of rotatable bonds is 4. The van der Waals surface area contributed by atoms with Gasteiger partial charge in [-0.3, -0.25) is 0 Å². The van der Waals surface area contributed by atoms with Crippen LogP contribution >= 0.6 is 0 Å². The summed E-state index contributed by atoms with van der Waals surface area (Å²) in [5.74, 6) is 7.77. The van der Waals surface area contributed by atoms with E-state index in [4.69, 9.17) is 0 Å². The lowest BCUT2D eigenvalue weighted by molar-refractivity contribution is 0.376. The van der Waals surface area contributed by atoms with Gasteiger partial charge in [0.05, 0.1) is 0 Å². The normalized spacial score (nSPS) is 18.6. The summed E-state index contributed by atoms with van der Waals surface area (Å²) in [6, 6.07) is 18.4. The summed E-state index contributed by atoms with van der Waals surface area (Å²) < 4.78 is 14.6. The molecule has 30 heavy (non-hydrogen) atoms. The molecule has 0 nitrogen and oxygen atoms in total. The summed E-state index contributed by atoms with van der Waals surface area (Å²) >= 11 is 0. The third-order valence-corrected chi connectivity index (χ3v) is 6.39. The van der Waals surface area contributed by atoms with Gasteiger partial charge < -0.3 is 0 Å². The number of benzene rings is 3. The van der Waals surface area contributed by atoms with Crippen molar-refractivity contribution >= 4 is 10.8 Å². The second-order valence-corrected chi connectivity index (χ2v) is 8.44. The number of hydrogen-bond donors (Lipinski definition) is 0. The van der Waals surface area contributed by atoms with Gasteiger partial charge >= 0.3 is 0 Å². The van der Waals surface area contributed by atoms with Crippen molar-refractivity contribution in [1.82, 2.24) is 0 Å². The third-order valence-electron chi connectivity index (χ3n) is 6.39. The Hall–Kier alpha value is -2.85. The van der Waals surface area contributed by atoms with Crippen LogP contribution in [-0.2, 0) is 6.42 Å². The predicted molar refractivity (Wildman–Crippen MR) is 125 cm³/mol. The maximum atomic E-state index is 14.6. The van der Waals surface area contributed by atoms with E-state index in [0.29, 0.717) is 17.2 Å². The van der Waals surface area contributed by atoms with Gasteiger partial charge in [0.15, 0.2) is 0 Å². The highest BCUT2D eigenvalue weighted by Crippen LogP contribution is 2.36. The molecule has 1 saturated carbocycles. The zero-order chi connectivity index (χ0) is 20.9. The Morgan fingerprint density at radius 1 is 0.933 bits per heavy atom. The molecule has 1 aliphatic rings. The molecule has 152 valence electrons. The Labute approximate surface area is 179 Å². The molecule has 0 amide bonds. The summed E-state index contributed by atoms with van der Waals surface area (Å²) in [6.45, 7) is 6.01. The topological polar surface area (TPSA) is 0 Å². The number of fused-ring (bicyclic) bond motifs is 1. The highest BCUT2D eigenvalue weighted by molar-refractivity contribution is 5.85. The van der Waals surface area contributed by atoms with Crippen molar-refractivity contribution in [2.75, 3.05) is 0 Å². The first-order valence-corrected chi connectivity index (χ1v) is 11.1. The number of allylic oxidation sites excluding steroid dienone is 1. The second kappa shape index (κ2) is 9.31. The molecular formula is C29H29F. The zero-order valence-corrected chi connectivity index (χ0v) is 17.8. The number of hydrogen-bond acceptors (Lipinski definition) is 0. The Morgan fingerprint density at radius 2 is 1.63 bits per heavy atom. The Bertz CT molecular complexity index is 1090. The monoisotopic (exact) mass is 396 g/mol. The van der Waals surface area contributed by atoms with Crippen molar-refractivity contribution in [3.8, 4) is 11.8 Å². The van der Waals surface area contributed by atoms with Crippen molar-refractivity contribution in [3.05, 3.63) is 95.3 Å². The van der Waals surface area contributed by atoms with E-state index in [2.05, 4.69) is 55.7 Å². The predicted octanol–water partition coefficient (Wildman–Crippen LogP) is 7.79. The molecule has 0 bridgehead atoms. The molecule has 0 radical (unpaired) electrons. The van der Waals surface area contributed by atoms with Crippen LogP contribution in [0.3, 0.4) is 0 Å². The number of halogens is 1. The molecule has 0 spiro atoms. The zero-order valence-electron chi connectivity index (χ0n) is 17.8. The molecule has 0 unspecified atom stereocenters. The van der Waals surface area contributed by atoms with Crippen LogP contribution in [0.25, 0.3) is 10.8 Å². The van der Waals surface area contributed by atoms with E-state index in [1.165, 1.54) is 31.2 Å². The molecule has 0 atom stereocenters. The lowest BCUT2D eigenvalue weighted by Crippen LogP contribution is -2.11. The van der Waals surface area contributed by atoms with Crippen LogP contribution in [0.2, 0.25) is 0 Å². The van der Waals surface area contributed by atoms with E-state index in [9.17, 15) is 4.39 Å². The van der Waals surface area contributed by atoms with Gasteiger partial charge in [-0.2, -0.15) is 0 Å². The molecule has 0 N–H and O–H groups in total. The van der Waals surface area contributed by atoms with Crippen molar-refractivity contribution in [2.45, 2.75) is 51.4 Å². The van der Waals surface area contributed by atoms with E-state index in [-0.39, 0.29) is 5.82 Å². The number of aryl methyl sites for hydroxylation is 1. The van der Waals surface area contributed by atoms with Gasteiger partial charge in [0.25, 0.3) is 0 Å². The van der Waals surface area contributed by atoms with E-state index < -0.39 is 0 Å². The van der Waals surface area contributed by atoms with Crippen LogP contribution in [0.1, 0.15) is 67.2 Å². The van der Waals surface area contributed by atoms with Crippen LogP contribution in [0, 0.1) is 23.6 Å². The first-order valence-electron chi connectivity index (χ1n) is 11.1. The van der Waals surface area contributed by atoms with E-state index in [0.717, 1.165) is 34.9 Å². The summed E-state index contributed by atoms with van der Waals surface area (Å²) in [5.41, 5.74) is 4.15. The highest BCUT2D eigenvalue weighted by atomic mass is 19.1. The highest BCUT2D eigenvalue weighted by Gasteiger charge is 2.20. The first-order chi connectivity index (χ1) is 14.7. The SMILES string of the molecule is C=CC1CCC(c2ccc(C#Cc3ccc4c(F)c(CCC)ccc4c3)cc2)CC1. The molecule has 0 saturated heterocycles. The van der Waals surface area contributed by atoms with Crippen molar-refractivity contribution in [3.63, 3.8) is 0 Å². The molecule has 1 aliphatic carbocycles. The van der Waals surface area contributed by atoms with Gasteiger partial charge in [-0.15, -0.1) is 6.58 Å². The molecule has 0 aliphatic heterocycles. The Morgan fingerprint density at radius 3 is 2.33 bits per heavy atom. The van der Waals surface area contributed by atoms with Crippen LogP contribution < -0.4 is 0 Å². The minimum absolute atomic E-state index is 0.0911. The fraction of sp³-hybridized carbons (Fsp3) is 0.310.